The van der Waals surface area contributed by atoms with E-state index in [1.54, 1.807) is 6.20 Å². The van der Waals surface area contributed by atoms with E-state index in [-0.39, 0.29) is 11.7 Å². The van der Waals surface area contributed by atoms with Gasteiger partial charge in [-0.1, -0.05) is 6.07 Å². The monoisotopic (exact) mass is 200 g/mol. The maximum absolute atomic E-state index is 12.0. The Balaban J connectivity index is 2.19. The van der Waals surface area contributed by atoms with E-state index in [1.165, 1.54) is 0 Å². The molecular formula is C12H12N2O. The van der Waals surface area contributed by atoms with E-state index >= 15 is 0 Å². The Bertz CT molecular complexity index is 420. The topological polar surface area (TPSA) is 53.8 Å². The third kappa shape index (κ3) is 1.89. The molecule has 0 saturated carbocycles. The first-order valence-electron chi connectivity index (χ1n) is 5.18. The van der Waals surface area contributed by atoms with Gasteiger partial charge in [0.1, 0.15) is 5.69 Å². The number of aromatic nitrogens is 1. The lowest BCUT2D eigenvalue weighted by molar-refractivity contribution is 0.0890. The minimum atomic E-state index is 0.00653. The molecule has 0 amide bonds. The molecule has 76 valence electrons. The van der Waals surface area contributed by atoms with Crippen molar-refractivity contribution in [1.82, 2.24) is 4.98 Å². The van der Waals surface area contributed by atoms with Gasteiger partial charge in [0.25, 0.3) is 0 Å². The first-order valence-corrected chi connectivity index (χ1v) is 5.18. The van der Waals surface area contributed by atoms with Gasteiger partial charge in [-0.15, -0.1) is 0 Å². The van der Waals surface area contributed by atoms with Crippen molar-refractivity contribution in [3.63, 3.8) is 0 Å². The van der Waals surface area contributed by atoms with Gasteiger partial charge in [0, 0.05) is 18.5 Å². The van der Waals surface area contributed by atoms with Crippen LogP contribution in [-0.4, -0.2) is 10.8 Å². The SMILES string of the molecule is N#CCCC1CCc2cccnc2C1=O. The van der Waals surface area contributed by atoms with Gasteiger partial charge in [-0.2, -0.15) is 5.26 Å². The fourth-order valence-electron chi connectivity index (χ4n) is 2.03. The van der Waals surface area contributed by atoms with E-state index in [4.69, 9.17) is 5.26 Å². The Labute approximate surface area is 88.8 Å². The molecule has 2 rings (SSSR count). The van der Waals surface area contributed by atoms with Crippen LogP contribution in [0.25, 0.3) is 0 Å². The molecule has 1 aromatic heterocycles. The van der Waals surface area contributed by atoms with Crippen LogP contribution < -0.4 is 0 Å². The summed E-state index contributed by atoms with van der Waals surface area (Å²) in [6.45, 7) is 0. The Hall–Kier alpha value is -1.69. The lowest BCUT2D eigenvalue weighted by atomic mass is 9.83. The number of nitrogens with zero attached hydrogens (tertiary/aromatic N) is 2. The minimum absolute atomic E-state index is 0.00653. The number of nitriles is 1. The molecule has 0 spiro atoms. The van der Waals surface area contributed by atoms with Crippen LogP contribution in [0.1, 0.15) is 35.3 Å². The van der Waals surface area contributed by atoms with Gasteiger partial charge in [0.2, 0.25) is 0 Å². The highest BCUT2D eigenvalue weighted by Gasteiger charge is 2.27. The molecule has 1 aromatic rings. The quantitative estimate of drug-likeness (QED) is 0.734. The largest absolute Gasteiger partial charge is 0.292 e. The molecule has 0 aromatic carbocycles. The standard InChI is InChI=1S/C12H12N2O/c13-7-1-3-10-6-5-9-4-2-8-14-11(9)12(10)15/h2,4,8,10H,1,3,5-6H2. The highest BCUT2D eigenvalue weighted by Crippen LogP contribution is 2.26. The van der Waals surface area contributed by atoms with Crippen LogP contribution in [0.2, 0.25) is 0 Å². The summed E-state index contributed by atoms with van der Waals surface area (Å²) in [5.41, 5.74) is 1.67. The maximum Gasteiger partial charge on any atom is 0.184 e. The first-order chi connectivity index (χ1) is 7.33. The summed E-state index contributed by atoms with van der Waals surface area (Å²) >= 11 is 0. The third-order valence-corrected chi connectivity index (χ3v) is 2.86. The van der Waals surface area contributed by atoms with E-state index in [0.717, 1.165) is 18.4 Å². The molecule has 1 aliphatic rings. The number of Topliss-reactive ketones (excluding diaryl/α,β-unsaturated/α-hetero) is 1. The zero-order valence-corrected chi connectivity index (χ0v) is 8.44. The molecule has 15 heavy (non-hydrogen) atoms. The summed E-state index contributed by atoms with van der Waals surface area (Å²) in [4.78, 5) is 16.1. The molecule has 1 unspecified atom stereocenters. The average Bonchev–Trinajstić information content (AvgIpc) is 2.29. The number of aryl methyl sites for hydroxylation is 1. The Morgan fingerprint density at radius 3 is 3.27 bits per heavy atom. The number of rotatable bonds is 2. The minimum Gasteiger partial charge on any atom is -0.292 e. The van der Waals surface area contributed by atoms with E-state index in [2.05, 4.69) is 11.1 Å². The smallest absolute Gasteiger partial charge is 0.184 e. The molecule has 0 saturated heterocycles. The number of carbonyl (C=O) groups is 1. The van der Waals surface area contributed by atoms with Gasteiger partial charge in [-0.3, -0.25) is 9.78 Å². The van der Waals surface area contributed by atoms with Crippen molar-refractivity contribution in [3.8, 4) is 6.07 Å². The van der Waals surface area contributed by atoms with Crippen LogP contribution in [0.4, 0.5) is 0 Å². The first kappa shape index (κ1) is 9.85. The maximum atomic E-state index is 12.0. The number of carbonyl (C=O) groups excluding carboxylic acids is 1. The van der Waals surface area contributed by atoms with Crippen LogP contribution >= 0.6 is 0 Å². The summed E-state index contributed by atoms with van der Waals surface area (Å²) < 4.78 is 0. The van der Waals surface area contributed by atoms with E-state index < -0.39 is 0 Å². The van der Waals surface area contributed by atoms with Gasteiger partial charge in [0.05, 0.1) is 6.07 Å². The van der Waals surface area contributed by atoms with Gasteiger partial charge < -0.3 is 0 Å². The summed E-state index contributed by atoms with van der Waals surface area (Å²) in [5.74, 6) is 0.124. The third-order valence-electron chi connectivity index (χ3n) is 2.86. The van der Waals surface area contributed by atoms with E-state index in [1.807, 2.05) is 12.1 Å². The number of hydrogen-bond acceptors (Lipinski definition) is 3. The fourth-order valence-corrected chi connectivity index (χ4v) is 2.03. The van der Waals surface area contributed by atoms with Crippen LogP contribution in [0.15, 0.2) is 18.3 Å². The van der Waals surface area contributed by atoms with Crippen LogP contribution in [0.5, 0.6) is 0 Å². The highest BCUT2D eigenvalue weighted by molar-refractivity contribution is 5.98. The van der Waals surface area contributed by atoms with Crippen molar-refractivity contribution in [2.75, 3.05) is 0 Å². The summed E-state index contributed by atoms with van der Waals surface area (Å²) in [7, 11) is 0. The average molecular weight is 200 g/mol. The zero-order chi connectivity index (χ0) is 10.7. The highest BCUT2D eigenvalue weighted by atomic mass is 16.1. The van der Waals surface area contributed by atoms with Crippen molar-refractivity contribution < 1.29 is 4.79 Å². The second-order valence-corrected chi connectivity index (χ2v) is 3.81. The van der Waals surface area contributed by atoms with Crippen molar-refractivity contribution in [2.24, 2.45) is 5.92 Å². The van der Waals surface area contributed by atoms with Crippen LogP contribution in [0, 0.1) is 17.2 Å². The molecule has 0 fully saturated rings. The van der Waals surface area contributed by atoms with Gasteiger partial charge in [0.15, 0.2) is 5.78 Å². The van der Waals surface area contributed by atoms with Gasteiger partial charge in [-0.05, 0) is 30.9 Å². The molecule has 1 aliphatic carbocycles. The molecule has 1 atom stereocenters. The number of ketones is 1. The lowest BCUT2D eigenvalue weighted by Crippen LogP contribution is -2.23. The number of fused-ring (bicyclic) bond motifs is 1. The molecule has 3 nitrogen and oxygen atoms in total. The van der Waals surface area contributed by atoms with Crippen molar-refractivity contribution in [1.29, 1.82) is 5.26 Å². The predicted molar refractivity (Wildman–Crippen MR) is 55.2 cm³/mol. The second-order valence-electron chi connectivity index (χ2n) is 3.81. The molecular weight excluding hydrogens is 188 g/mol. The fraction of sp³-hybridized carbons (Fsp3) is 0.417. The molecule has 0 aliphatic heterocycles. The molecule has 0 radical (unpaired) electrons. The Kier molecular flexibility index (Phi) is 2.77. The van der Waals surface area contributed by atoms with Gasteiger partial charge >= 0.3 is 0 Å². The summed E-state index contributed by atoms with van der Waals surface area (Å²) in [6.07, 6.45) is 4.55. The lowest BCUT2D eigenvalue weighted by Gasteiger charge is -2.21. The van der Waals surface area contributed by atoms with E-state index in [0.29, 0.717) is 18.5 Å². The van der Waals surface area contributed by atoms with Crippen LogP contribution in [-0.2, 0) is 6.42 Å². The number of pyridine rings is 1. The molecule has 0 N–H and O–H groups in total. The number of hydrogen-bond donors (Lipinski definition) is 0. The predicted octanol–water partition coefficient (Wildman–Crippen LogP) is 2.13. The van der Waals surface area contributed by atoms with Crippen LogP contribution in [0.3, 0.4) is 0 Å². The second kappa shape index (κ2) is 4.22. The normalized spacial score (nSPS) is 19.4. The Morgan fingerprint density at radius 2 is 2.47 bits per heavy atom. The summed E-state index contributed by atoms with van der Waals surface area (Å²) in [6, 6.07) is 5.91. The van der Waals surface area contributed by atoms with Gasteiger partial charge in [-0.25, -0.2) is 0 Å². The Morgan fingerprint density at radius 1 is 1.60 bits per heavy atom. The van der Waals surface area contributed by atoms with E-state index in [9.17, 15) is 4.79 Å². The molecule has 1 heterocycles. The molecule has 0 bridgehead atoms. The molecule has 3 heteroatoms. The zero-order valence-electron chi connectivity index (χ0n) is 8.44. The van der Waals surface area contributed by atoms with Crippen molar-refractivity contribution in [2.45, 2.75) is 25.7 Å². The summed E-state index contributed by atoms with van der Waals surface area (Å²) in [5, 5.41) is 8.50. The van der Waals surface area contributed by atoms with Crippen molar-refractivity contribution >= 4 is 5.78 Å². The van der Waals surface area contributed by atoms with Crippen molar-refractivity contribution in [3.05, 3.63) is 29.6 Å².